The first-order chi connectivity index (χ1) is 9.72. The first-order valence-electron chi connectivity index (χ1n) is 7.74. The zero-order valence-corrected chi connectivity index (χ0v) is 13.1. The molecule has 118 valence electrons. The molecule has 0 aliphatic carbocycles. The lowest BCUT2D eigenvalue weighted by Crippen LogP contribution is -2.39. The molecular weight excluding hydrogens is 254 g/mol. The van der Waals surface area contributed by atoms with Gasteiger partial charge in [0.1, 0.15) is 0 Å². The second-order valence-corrected chi connectivity index (χ2v) is 5.24. The highest BCUT2D eigenvalue weighted by Gasteiger charge is 2.11. The maximum Gasteiger partial charge on any atom is 0.188 e. The van der Waals surface area contributed by atoms with Crippen LogP contribution in [0.25, 0.3) is 0 Å². The Kier molecular flexibility index (Phi) is 9.36. The number of rotatable bonds is 8. The summed E-state index contributed by atoms with van der Waals surface area (Å²) in [6.45, 7) is 10.8. The fourth-order valence-electron chi connectivity index (χ4n) is 2.23. The van der Waals surface area contributed by atoms with E-state index in [1.54, 1.807) is 0 Å². The highest BCUT2D eigenvalue weighted by Crippen LogP contribution is 1.99. The summed E-state index contributed by atoms with van der Waals surface area (Å²) in [5.41, 5.74) is 5.83. The number of nitrogens with zero attached hydrogens (tertiary/aromatic N) is 3. The molecule has 3 N–H and O–H groups in total. The van der Waals surface area contributed by atoms with E-state index in [0.29, 0.717) is 5.96 Å². The zero-order chi connectivity index (χ0) is 14.6. The highest BCUT2D eigenvalue weighted by atomic mass is 16.5. The van der Waals surface area contributed by atoms with Gasteiger partial charge in [-0.25, -0.2) is 0 Å². The van der Waals surface area contributed by atoms with Gasteiger partial charge in [0.15, 0.2) is 5.96 Å². The molecule has 0 amide bonds. The molecule has 0 atom stereocenters. The third kappa shape index (κ3) is 8.35. The Bertz CT molecular complexity index is 272. The van der Waals surface area contributed by atoms with Gasteiger partial charge in [-0.2, -0.15) is 0 Å². The van der Waals surface area contributed by atoms with E-state index in [9.17, 15) is 0 Å². The average Bonchev–Trinajstić information content (AvgIpc) is 2.64. The van der Waals surface area contributed by atoms with Crippen LogP contribution in [0.2, 0.25) is 0 Å². The molecule has 1 heterocycles. The van der Waals surface area contributed by atoms with Gasteiger partial charge >= 0.3 is 0 Å². The summed E-state index contributed by atoms with van der Waals surface area (Å²) in [5, 5.41) is 3.18. The molecule has 0 radical (unpaired) electrons. The number of hydrogen-bond donors (Lipinski definition) is 2. The van der Waals surface area contributed by atoms with Crippen molar-refractivity contribution in [3.8, 4) is 0 Å². The minimum absolute atomic E-state index is 0.549. The molecule has 0 saturated carbocycles. The SMILES string of the molecule is CCOCCCN=C(N)NCCN1CCCN(C)CC1. The molecule has 6 heteroatoms. The fourth-order valence-corrected chi connectivity index (χ4v) is 2.23. The van der Waals surface area contributed by atoms with Crippen LogP contribution < -0.4 is 11.1 Å². The van der Waals surface area contributed by atoms with E-state index in [1.807, 2.05) is 6.92 Å². The van der Waals surface area contributed by atoms with Crippen molar-refractivity contribution in [1.82, 2.24) is 15.1 Å². The zero-order valence-electron chi connectivity index (χ0n) is 13.1. The van der Waals surface area contributed by atoms with E-state index in [1.165, 1.54) is 19.5 Å². The smallest absolute Gasteiger partial charge is 0.188 e. The van der Waals surface area contributed by atoms with Crippen LogP contribution in [0.4, 0.5) is 0 Å². The van der Waals surface area contributed by atoms with Gasteiger partial charge in [-0.05, 0) is 39.9 Å². The number of likely N-dealkylation sites (N-methyl/N-ethyl adjacent to an activating group) is 1. The number of ether oxygens (including phenoxy) is 1. The fraction of sp³-hybridized carbons (Fsp3) is 0.929. The Morgan fingerprint density at radius 2 is 2.15 bits per heavy atom. The predicted molar refractivity (Wildman–Crippen MR) is 84.2 cm³/mol. The van der Waals surface area contributed by atoms with Crippen molar-refractivity contribution in [2.45, 2.75) is 19.8 Å². The van der Waals surface area contributed by atoms with Crippen LogP contribution in [-0.4, -0.2) is 81.8 Å². The quantitative estimate of drug-likeness (QED) is 0.372. The Morgan fingerprint density at radius 3 is 2.95 bits per heavy atom. The summed E-state index contributed by atoms with van der Waals surface area (Å²) < 4.78 is 5.26. The van der Waals surface area contributed by atoms with E-state index in [4.69, 9.17) is 10.5 Å². The van der Waals surface area contributed by atoms with Gasteiger partial charge in [0, 0.05) is 45.9 Å². The van der Waals surface area contributed by atoms with E-state index < -0.39 is 0 Å². The van der Waals surface area contributed by atoms with E-state index in [-0.39, 0.29) is 0 Å². The Hall–Kier alpha value is -0.850. The van der Waals surface area contributed by atoms with Crippen molar-refractivity contribution >= 4 is 5.96 Å². The molecule has 0 unspecified atom stereocenters. The number of hydrogen-bond acceptors (Lipinski definition) is 4. The summed E-state index contributed by atoms with van der Waals surface area (Å²) in [5.74, 6) is 0.549. The van der Waals surface area contributed by atoms with Crippen LogP contribution >= 0.6 is 0 Å². The Balaban J connectivity index is 2.05. The van der Waals surface area contributed by atoms with Gasteiger partial charge in [-0.15, -0.1) is 0 Å². The molecule has 0 bridgehead atoms. The molecule has 0 aromatic carbocycles. The van der Waals surface area contributed by atoms with Gasteiger partial charge in [0.05, 0.1) is 0 Å². The van der Waals surface area contributed by atoms with E-state index in [2.05, 4.69) is 27.2 Å². The van der Waals surface area contributed by atoms with Gasteiger partial charge in [-0.3, -0.25) is 4.99 Å². The number of nitrogens with two attached hydrogens (primary N) is 1. The number of guanidine groups is 1. The van der Waals surface area contributed by atoms with Gasteiger partial charge in [0.25, 0.3) is 0 Å². The van der Waals surface area contributed by atoms with E-state index in [0.717, 1.165) is 52.4 Å². The lowest BCUT2D eigenvalue weighted by Gasteiger charge is -2.20. The third-order valence-electron chi connectivity index (χ3n) is 3.48. The lowest BCUT2D eigenvalue weighted by molar-refractivity contribution is 0.146. The molecule has 0 spiro atoms. The summed E-state index contributed by atoms with van der Waals surface area (Å²) in [7, 11) is 2.19. The summed E-state index contributed by atoms with van der Waals surface area (Å²) in [4.78, 5) is 9.16. The standard InChI is InChI=1S/C14H31N5O/c1-3-20-13-4-6-16-14(15)17-7-10-19-9-5-8-18(2)11-12-19/h3-13H2,1-2H3,(H3,15,16,17). The maximum absolute atomic E-state index is 5.83. The summed E-state index contributed by atoms with van der Waals surface area (Å²) in [6.07, 6.45) is 2.17. The van der Waals surface area contributed by atoms with Crippen LogP contribution in [0.5, 0.6) is 0 Å². The summed E-state index contributed by atoms with van der Waals surface area (Å²) in [6, 6.07) is 0. The van der Waals surface area contributed by atoms with Crippen molar-refractivity contribution in [2.24, 2.45) is 10.7 Å². The van der Waals surface area contributed by atoms with Crippen LogP contribution in [-0.2, 0) is 4.74 Å². The topological polar surface area (TPSA) is 66.1 Å². The molecule has 1 aliphatic heterocycles. The molecular formula is C14H31N5O. The van der Waals surface area contributed by atoms with Crippen LogP contribution in [0.15, 0.2) is 4.99 Å². The van der Waals surface area contributed by atoms with Gasteiger partial charge in [-0.1, -0.05) is 0 Å². The number of aliphatic imine (C=N–C) groups is 1. The maximum atomic E-state index is 5.83. The van der Waals surface area contributed by atoms with Gasteiger partial charge in [0.2, 0.25) is 0 Å². The molecule has 1 aliphatic rings. The molecule has 0 aromatic rings. The molecule has 20 heavy (non-hydrogen) atoms. The normalized spacial score (nSPS) is 19.0. The van der Waals surface area contributed by atoms with E-state index >= 15 is 0 Å². The highest BCUT2D eigenvalue weighted by molar-refractivity contribution is 5.77. The summed E-state index contributed by atoms with van der Waals surface area (Å²) >= 11 is 0. The minimum Gasteiger partial charge on any atom is -0.382 e. The molecule has 0 aromatic heterocycles. The molecule has 1 saturated heterocycles. The number of nitrogens with one attached hydrogen (secondary N) is 1. The first-order valence-corrected chi connectivity index (χ1v) is 7.74. The molecule has 1 fully saturated rings. The molecule has 1 rings (SSSR count). The van der Waals surface area contributed by atoms with Crippen molar-refractivity contribution in [3.05, 3.63) is 0 Å². The predicted octanol–water partition coefficient (Wildman–Crippen LogP) is -0.0452. The largest absolute Gasteiger partial charge is 0.382 e. The molecule has 6 nitrogen and oxygen atoms in total. The van der Waals surface area contributed by atoms with Crippen molar-refractivity contribution in [2.75, 3.05) is 66.1 Å². The van der Waals surface area contributed by atoms with Crippen molar-refractivity contribution in [3.63, 3.8) is 0 Å². The first kappa shape index (κ1) is 17.2. The van der Waals surface area contributed by atoms with Crippen LogP contribution in [0.1, 0.15) is 19.8 Å². The Morgan fingerprint density at radius 1 is 1.30 bits per heavy atom. The third-order valence-corrected chi connectivity index (χ3v) is 3.48. The second-order valence-electron chi connectivity index (χ2n) is 5.24. The van der Waals surface area contributed by atoms with Crippen molar-refractivity contribution in [1.29, 1.82) is 0 Å². The lowest BCUT2D eigenvalue weighted by atomic mass is 10.4. The minimum atomic E-state index is 0.549. The van der Waals surface area contributed by atoms with Crippen LogP contribution in [0.3, 0.4) is 0 Å². The second kappa shape index (κ2) is 10.9. The monoisotopic (exact) mass is 285 g/mol. The average molecular weight is 285 g/mol. The Labute approximate surface area is 123 Å². The van der Waals surface area contributed by atoms with Crippen molar-refractivity contribution < 1.29 is 4.74 Å². The van der Waals surface area contributed by atoms with Gasteiger partial charge < -0.3 is 25.6 Å². The van der Waals surface area contributed by atoms with Crippen LogP contribution in [0, 0.1) is 0 Å².